The summed E-state index contributed by atoms with van der Waals surface area (Å²) in [7, 11) is 0. The highest BCUT2D eigenvalue weighted by atomic mass is 32.1. The normalized spacial score (nSPS) is 28.1. The number of allylic oxidation sites excluding steroid dienone is 1. The van der Waals surface area contributed by atoms with E-state index in [0.29, 0.717) is 16.4 Å². The highest BCUT2D eigenvalue weighted by Gasteiger charge is 2.47. The lowest BCUT2D eigenvalue weighted by molar-refractivity contribution is 0.216. The van der Waals surface area contributed by atoms with Crippen LogP contribution in [0.3, 0.4) is 0 Å². The molecule has 28 heavy (non-hydrogen) atoms. The maximum Gasteiger partial charge on any atom is 0.151 e. The first-order chi connectivity index (χ1) is 13.4. The van der Waals surface area contributed by atoms with E-state index >= 15 is 0 Å². The molecule has 0 spiro atoms. The average molecular weight is 393 g/mol. The molecule has 2 aliphatic rings. The summed E-state index contributed by atoms with van der Waals surface area (Å²) < 4.78 is 1.86. The largest absolute Gasteiger partial charge is 0.507 e. The summed E-state index contributed by atoms with van der Waals surface area (Å²) in [6.07, 6.45) is 13.9. The van der Waals surface area contributed by atoms with E-state index in [9.17, 15) is 5.11 Å². The average Bonchev–Trinajstić information content (AvgIpc) is 3.35. The monoisotopic (exact) mass is 392 g/mol. The number of phenolic OH excluding ortho intramolecular Hbond substituents is 1. The van der Waals surface area contributed by atoms with Gasteiger partial charge in [-0.3, -0.25) is 0 Å². The number of imidazole rings is 1. The third-order valence-electron chi connectivity index (χ3n) is 6.28. The summed E-state index contributed by atoms with van der Waals surface area (Å²) >= 11 is 1.54. The van der Waals surface area contributed by atoms with E-state index in [0.717, 1.165) is 15.7 Å². The van der Waals surface area contributed by atoms with E-state index in [2.05, 4.69) is 35.1 Å². The number of hydrogen-bond donors (Lipinski definition) is 1. The molecule has 2 atom stereocenters. The van der Waals surface area contributed by atoms with E-state index in [1.165, 1.54) is 37.7 Å². The number of phenols is 1. The lowest BCUT2D eigenvalue weighted by Crippen LogP contribution is -2.24. The quantitative estimate of drug-likeness (QED) is 0.642. The lowest BCUT2D eigenvalue weighted by atomic mass is 9.69. The molecule has 2 saturated carbocycles. The number of rotatable bonds is 3. The van der Waals surface area contributed by atoms with Crippen molar-refractivity contribution in [1.29, 1.82) is 0 Å². The molecule has 1 N–H and O–H groups in total. The van der Waals surface area contributed by atoms with Gasteiger partial charge in [0.05, 0.1) is 17.6 Å². The molecule has 2 fully saturated rings. The van der Waals surface area contributed by atoms with Crippen LogP contribution < -0.4 is 0 Å². The Morgan fingerprint density at radius 3 is 2.61 bits per heavy atom. The second-order valence-corrected chi connectivity index (χ2v) is 10.1. The van der Waals surface area contributed by atoms with Crippen LogP contribution in [-0.4, -0.2) is 24.9 Å². The zero-order chi connectivity index (χ0) is 19.4. The minimum absolute atomic E-state index is 0.206. The fourth-order valence-electron chi connectivity index (χ4n) is 5.22. The van der Waals surface area contributed by atoms with Crippen molar-refractivity contribution in [3.8, 4) is 22.0 Å². The number of fused-ring (bicyclic) bond motifs is 2. The van der Waals surface area contributed by atoms with Gasteiger partial charge in [0.2, 0.25) is 0 Å². The van der Waals surface area contributed by atoms with E-state index in [1.54, 1.807) is 29.9 Å². The van der Waals surface area contributed by atoms with Crippen molar-refractivity contribution in [2.45, 2.75) is 46.0 Å². The first-order valence-electron chi connectivity index (χ1n) is 9.76. The number of benzene rings is 1. The van der Waals surface area contributed by atoms with Crippen LogP contribution in [0, 0.1) is 10.8 Å². The van der Waals surface area contributed by atoms with Crippen LogP contribution in [0.4, 0.5) is 0 Å². The highest BCUT2D eigenvalue weighted by molar-refractivity contribution is 7.15. The maximum absolute atomic E-state index is 10.5. The molecule has 0 radical (unpaired) electrons. The molecule has 0 saturated heterocycles. The predicted octanol–water partition coefficient (Wildman–Crippen LogP) is 5.47. The van der Waals surface area contributed by atoms with Crippen LogP contribution in [-0.2, 0) is 0 Å². The van der Waals surface area contributed by atoms with Crippen molar-refractivity contribution < 1.29 is 5.11 Å². The molecule has 0 aliphatic heterocycles. The Balaban J connectivity index is 1.41. The second kappa shape index (κ2) is 6.27. The summed E-state index contributed by atoms with van der Waals surface area (Å²) in [5.74, 6) is 0.206. The maximum atomic E-state index is 10.5. The predicted molar refractivity (Wildman–Crippen MR) is 111 cm³/mol. The first-order valence-corrected chi connectivity index (χ1v) is 10.6. The van der Waals surface area contributed by atoms with Gasteiger partial charge in [-0.05, 0) is 61.1 Å². The molecule has 3 aromatic rings. The summed E-state index contributed by atoms with van der Waals surface area (Å²) in [6.45, 7) is 4.85. The fourth-order valence-corrected chi connectivity index (χ4v) is 6.09. The van der Waals surface area contributed by atoms with Gasteiger partial charge in [-0.2, -0.15) is 0 Å². The molecular weight excluding hydrogens is 368 g/mol. The van der Waals surface area contributed by atoms with Crippen LogP contribution in [0.15, 0.2) is 42.5 Å². The standard InChI is InChI=1S/C22H24N4OS/c1-21-5-6-22(2,13-21)12-15(11-21)9-19-24-25-20(28-19)17-4-3-16(10-18(17)27)26-8-7-23-14-26/h3-4,7-10,14,27H,5-6,11-13H2,1-2H3/b15-9-/t21-,22+/m0/s1. The number of nitrogens with zero attached hydrogens (tertiary/aromatic N) is 4. The van der Waals surface area contributed by atoms with Crippen molar-refractivity contribution in [2.75, 3.05) is 0 Å². The Morgan fingerprint density at radius 2 is 1.93 bits per heavy atom. The summed E-state index contributed by atoms with van der Waals surface area (Å²) in [6, 6.07) is 5.58. The van der Waals surface area contributed by atoms with Crippen LogP contribution in [0.25, 0.3) is 22.3 Å². The minimum Gasteiger partial charge on any atom is -0.507 e. The van der Waals surface area contributed by atoms with Crippen molar-refractivity contribution in [2.24, 2.45) is 10.8 Å². The van der Waals surface area contributed by atoms with Gasteiger partial charge in [0.25, 0.3) is 0 Å². The molecule has 5 nitrogen and oxygen atoms in total. The van der Waals surface area contributed by atoms with Gasteiger partial charge < -0.3 is 9.67 Å². The van der Waals surface area contributed by atoms with Crippen molar-refractivity contribution >= 4 is 17.4 Å². The van der Waals surface area contributed by atoms with Gasteiger partial charge in [-0.15, -0.1) is 10.2 Å². The molecule has 2 heterocycles. The van der Waals surface area contributed by atoms with Gasteiger partial charge in [0, 0.05) is 18.5 Å². The number of hydrogen-bond acceptors (Lipinski definition) is 5. The van der Waals surface area contributed by atoms with E-state index in [-0.39, 0.29) is 5.75 Å². The van der Waals surface area contributed by atoms with Crippen molar-refractivity contribution in [1.82, 2.24) is 19.7 Å². The SMILES string of the molecule is C[C@]12CC[C@](C)(C/C(=C\c3nnc(-c4ccc(-n5ccnc5)cc4O)s3)C1)C2. The molecule has 2 bridgehead atoms. The van der Waals surface area contributed by atoms with Crippen molar-refractivity contribution in [3.05, 3.63) is 47.5 Å². The fraction of sp³-hybridized carbons (Fsp3) is 0.409. The Hall–Kier alpha value is -2.47. The van der Waals surface area contributed by atoms with Gasteiger partial charge in [0.15, 0.2) is 5.01 Å². The van der Waals surface area contributed by atoms with E-state index in [1.807, 2.05) is 22.9 Å². The summed E-state index contributed by atoms with van der Waals surface area (Å²) in [5.41, 5.74) is 3.98. The zero-order valence-electron chi connectivity index (χ0n) is 16.2. The Kier molecular flexibility index (Phi) is 3.95. The van der Waals surface area contributed by atoms with E-state index in [4.69, 9.17) is 0 Å². The van der Waals surface area contributed by atoms with E-state index < -0.39 is 0 Å². The lowest BCUT2D eigenvalue weighted by Gasteiger charge is -2.36. The molecule has 2 aromatic heterocycles. The van der Waals surface area contributed by atoms with Crippen LogP contribution >= 0.6 is 11.3 Å². The molecule has 2 aliphatic carbocycles. The Bertz CT molecular complexity index is 1030. The number of aromatic nitrogens is 4. The second-order valence-electron chi connectivity index (χ2n) is 9.07. The van der Waals surface area contributed by atoms with Gasteiger partial charge >= 0.3 is 0 Å². The van der Waals surface area contributed by atoms with Crippen molar-refractivity contribution in [3.63, 3.8) is 0 Å². The van der Waals surface area contributed by atoms with Gasteiger partial charge in [0.1, 0.15) is 10.8 Å². The third kappa shape index (κ3) is 3.15. The Labute approximate surface area is 168 Å². The molecule has 6 heteroatoms. The molecule has 5 rings (SSSR count). The molecule has 1 aromatic carbocycles. The third-order valence-corrected chi connectivity index (χ3v) is 7.18. The molecule has 0 unspecified atom stereocenters. The number of aromatic hydroxyl groups is 1. The molecule has 0 amide bonds. The van der Waals surface area contributed by atoms with Crippen LogP contribution in [0.1, 0.15) is 51.0 Å². The molecule has 144 valence electrons. The summed E-state index contributed by atoms with van der Waals surface area (Å²) in [4.78, 5) is 4.05. The zero-order valence-corrected chi connectivity index (χ0v) is 17.0. The topological polar surface area (TPSA) is 63.8 Å². The Morgan fingerprint density at radius 1 is 1.14 bits per heavy atom. The summed E-state index contributed by atoms with van der Waals surface area (Å²) in [5, 5.41) is 20.9. The van der Waals surface area contributed by atoms with Crippen LogP contribution in [0.2, 0.25) is 0 Å². The smallest absolute Gasteiger partial charge is 0.151 e. The molecular formula is C22H24N4OS. The highest BCUT2D eigenvalue weighted by Crippen LogP contribution is 2.59. The first kappa shape index (κ1) is 17.6. The van der Waals surface area contributed by atoms with Crippen LogP contribution in [0.5, 0.6) is 5.75 Å². The van der Waals surface area contributed by atoms with Gasteiger partial charge in [-0.25, -0.2) is 4.98 Å². The van der Waals surface area contributed by atoms with Gasteiger partial charge in [-0.1, -0.05) is 30.8 Å². The minimum atomic E-state index is 0.206.